The second kappa shape index (κ2) is 5.94. The molecule has 0 aromatic heterocycles. The molecule has 126 valence electrons. The minimum absolute atomic E-state index is 0.129. The first-order chi connectivity index (χ1) is 12.2. The SMILES string of the molecule is COc1ccc(C2=NN3CC(=O)NN=C3c3ccccc32)cc1OC. The van der Waals surface area contributed by atoms with E-state index in [-0.39, 0.29) is 12.5 Å². The summed E-state index contributed by atoms with van der Waals surface area (Å²) in [5.74, 6) is 1.71. The summed E-state index contributed by atoms with van der Waals surface area (Å²) in [6, 6.07) is 13.5. The molecule has 0 unspecified atom stereocenters. The van der Waals surface area contributed by atoms with Gasteiger partial charge in [-0.25, -0.2) is 10.4 Å². The van der Waals surface area contributed by atoms with Gasteiger partial charge in [0.15, 0.2) is 17.3 Å². The van der Waals surface area contributed by atoms with Gasteiger partial charge < -0.3 is 9.47 Å². The molecule has 2 aromatic carbocycles. The van der Waals surface area contributed by atoms with Crippen LogP contribution >= 0.6 is 0 Å². The molecule has 2 aliphatic heterocycles. The lowest BCUT2D eigenvalue weighted by Crippen LogP contribution is -2.45. The molecule has 0 atom stereocenters. The normalized spacial score (nSPS) is 15.4. The molecule has 2 aromatic rings. The van der Waals surface area contributed by atoms with Crippen LogP contribution in [0.1, 0.15) is 16.7 Å². The number of methoxy groups -OCH3 is 2. The molecule has 2 heterocycles. The summed E-state index contributed by atoms with van der Waals surface area (Å²) in [6.45, 7) is 0.129. The van der Waals surface area contributed by atoms with E-state index in [1.165, 1.54) is 0 Å². The van der Waals surface area contributed by atoms with Crippen LogP contribution < -0.4 is 14.9 Å². The average molecular weight is 336 g/mol. The maximum Gasteiger partial charge on any atom is 0.261 e. The Balaban J connectivity index is 1.88. The van der Waals surface area contributed by atoms with E-state index in [0.29, 0.717) is 17.3 Å². The molecule has 7 nitrogen and oxygen atoms in total. The van der Waals surface area contributed by atoms with Crippen molar-refractivity contribution in [3.05, 3.63) is 59.2 Å². The molecule has 0 spiro atoms. The molecular weight excluding hydrogens is 320 g/mol. The maximum absolute atomic E-state index is 11.7. The number of amidine groups is 1. The zero-order valence-electron chi connectivity index (χ0n) is 13.8. The number of nitrogens with zero attached hydrogens (tertiary/aromatic N) is 3. The third-order valence-electron chi connectivity index (χ3n) is 4.13. The van der Waals surface area contributed by atoms with Gasteiger partial charge in [-0.05, 0) is 18.2 Å². The van der Waals surface area contributed by atoms with Crippen LogP contribution in [0, 0.1) is 0 Å². The predicted octanol–water partition coefficient (Wildman–Crippen LogP) is 1.56. The minimum Gasteiger partial charge on any atom is -0.493 e. The largest absolute Gasteiger partial charge is 0.493 e. The maximum atomic E-state index is 11.7. The Morgan fingerprint density at radius 2 is 1.80 bits per heavy atom. The number of rotatable bonds is 3. The lowest BCUT2D eigenvalue weighted by Gasteiger charge is -2.30. The predicted molar refractivity (Wildman–Crippen MR) is 93.0 cm³/mol. The van der Waals surface area contributed by atoms with E-state index >= 15 is 0 Å². The standard InChI is InChI=1S/C18H16N4O3/c1-24-14-8-7-11(9-15(14)25-2)17-12-5-3-4-6-13(12)18-20-19-16(23)10-22(18)21-17/h3-9H,10H2,1-2H3,(H,19,23). The third kappa shape index (κ3) is 2.50. The van der Waals surface area contributed by atoms with Gasteiger partial charge in [-0.15, -0.1) is 0 Å². The van der Waals surface area contributed by atoms with E-state index in [1.54, 1.807) is 19.2 Å². The Bertz CT molecular complexity index is 920. The Morgan fingerprint density at radius 3 is 2.56 bits per heavy atom. The highest BCUT2D eigenvalue weighted by molar-refractivity contribution is 6.22. The van der Waals surface area contributed by atoms with Gasteiger partial charge >= 0.3 is 0 Å². The van der Waals surface area contributed by atoms with Gasteiger partial charge in [-0.3, -0.25) is 4.79 Å². The number of hydrogen-bond acceptors (Lipinski definition) is 6. The van der Waals surface area contributed by atoms with E-state index < -0.39 is 0 Å². The lowest BCUT2D eigenvalue weighted by molar-refractivity contribution is -0.122. The number of amides is 1. The molecule has 0 radical (unpaired) electrons. The first-order valence-electron chi connectivity index (χ1n) is 7.76. The Hall–Kier alpha value is -3.35. The van der Waals surface area contributed by atoms with Gasteiger partial charge in [0.2, 0.25) is 0 Å². The van der Waals surface area contributed by atoms with Gasteiger partial charge in [0.1, 0.15) is 6.54 Å². The molecule has 1 N–H and O–H groups in total. The number of nitrogens with one attached hydrogen (secondary N) is 1. The summed E-state index contributed by atoms with van der Waals surface area (Å²) in [4.78, 5) is 11.7. The number of hydrogen-bond donors (Lipinski definition) is 1. The molecule has 0 saturated heterocycles. The quantitative estimate of drug-likeness (QED) is 0.923. The number of carbonyl (C=O) groups is 1. The van der Waals surface area contributed by atoms with Crippen molar-refractivity contribution in [3.63, 3.8) is 0 Å². The number of hydrazone groups is 2. The fourth-order valence-electron chi connectivity index (χ4n) is 2.96. The van der Waals surface area contributed by atoms with Crippen LogP contribution in [0.15, 0.2) is 52.7 Å². The van der Waals surface area contributed by atoms with E-state index in [4.69, 9.17) is 9.47 Å². The smallest absolute Gasteiger partial charge is 0.261 e. The van der Waals surface area contributed by atoms with Crippen LogP contribution in [0.2, 0.25) is 0 Å². The molecule has 4 rings (SSSR count). The monoisotopic (exact) mass is 336 g/mol. The molecule has 2 aliphatic rings. The van der Waals surface area contributed by atoms with Gasteiger partial charge in [0.05, 0.1) is 19.9 Å². The Morgan fingerprint density at radius 1 is 1.04 bits per heavy atom. The summed E-state index contributed by atoms with van der Waals surface area (Å²) >= 11 is 0. The van der Waals surface area contributed by atoms with Crippen molar-refractivity contribution < 1.29 is 14.3 Å². The van der Waals surface area contributed by atoms with E-state index in [2.05, 4.69) is 15.6 Å². The lowest BCUT2D eigenvalue weighted by atomic mass is 9.95. The van der Waals surface area contributed by atoms with Crippen LogP contribution in [0.25, 0.3) is 0 Å². The first-order valence-corrected chi connectivity index (χ1v) is 7.76. The Kier molecular flexibility index (Phi) is 3.61. The molecular formula is C18H16N4O3. The van der Waals surface area contributed by atoms with Crippen molar-refractivity contribution in [2.45, 2.75) is 0 Å². The van der Waals surface area contributed by atoms with Crippen LogP contribution in [0.5, 0.6) is 11.5 Å². The van der Waals surface area contributed by atoms with Gasteiger partial charge in [0, 0.05) is 16.7 Å². The van der Waals surface area contributed by atoms with E-state index in [0.717, 1.165) is 22.4 Å². The van der Waals surface area contributed by atoms with Gasteiger partial charge in [0.25, 0.3) is 5.91 Å². The van der Waals surface area contributed by atoms with Crippen LogP contribution in [0.3, 0.4) is 0 Å². The molecule has 0 fully saturated rings. The zero-order valence-corrected chi connectivity index (χ0v) is 13.8. The second-order valence-electron chi connectivity index (χ2n) is 5.59. The zero-order chi connectivity index (χ0) is 17.4. The van der Waals surface area contributed by atoms with Crippen molar-refractivity contribution in [2.75, 3.05) is 20.8 Å². The van der Waals surface area contributed by atoms with E-state index in [1.807, 2.05) is 42.5 Å². The van der Waals surface area contributed by atoms with Crippen LogP contribution in [-0.2, 0) is 4.79 Å². The topological polar surface area (TPSA) is 75.5 Å². The van der Waals surface area contributed by atoms with Crippen LogP contribution in [0.4, 0.5) is 0 Å². The number of fused-ring (bicyclic) bond motifs is 3. The minimum atomic E-state index is -0.196. The highest BCUT2D eigenvalue weighted by Crippen LogP contribution is 2.31. The summed E-state index contributed by atoms with van der Waals surface area (Å²) < 4.78 is 10.7. The number of benzene rings is 2. The highest BCUT2D eigenvalue weighted by Gasteiger charge is 2.30. The van der Waals surface area contributed by atoms with Crippen molar-refractivity contribution >= 4 is 17.5 Å². The summed E-state index contributed by atoms with van der Waals surface area (Å²) in [7, 11) is 3.19. The van der Waals surface area contributed by atoms with Crippen molar-refractivity contribution in [1.29, 1.82) is 0 Å². The highest BCUT2D eigenvalue weighted by atomic mass is 16.5. The average Bonchev–Trinajstić information content (AvgIpc) is 2.66. The van der Waals surface area contributed by atoms with Gasteiger partial charge in [-0.1, -0.05) is 24.3 Å². The summed E-state index contributed by atoms with van der Waals surface area (Å²) in [5.41, 5.74) is 6.00. The number of ether oxygens (including phenoxy) is 2. The summed E-state index contributed by atoms with van der Waals surface area (Å²) in [6.07, 6.45) is 0. The first kappa shape index (κ1) is 15.2. The molecule has 1 amide bonds. The molecule has 0 aliphatic carbocycles. The number of carbonyl (C=O) groups excluding carboxylic acids is 1. The summed E-state index contributed by atoms with van der Waals surface area (Å²) in [5, 5.41) is 10.4. The van der Waals surface area contributed by atoms with Crippen LogP contribution in [-0.4, -0.2) is 43.2 Å². The van der Waals surface area contributed by atoms with Crippen molar-refractivity contribution in [2.24, 2.45) is 10.2 Å². The van der Waals surface area contributed by atoms with Gasteiger partial charge in [-0.2, -0.15) is 10.2 Å². The fourth-order valence-corrected chi connectivity index (χ4v) is 2.96. The second-order valence-corrected chi connectivity index (χ2v) is 5.59. The van der Waals surface area contributed by atoms with E-state index in [9.17, 15) is 4.79 Å². The van der Waals surface area contributed by atoms with Crippen molar-refractivity contribution in [3.8, 4) is 11.5 Å². The van der Waals surface area contributed by atoms with Crippen molar-refractivity contribution in [1.82, 2.24) is 10.4 Å². The molecule has 7 heteroatoms. The molecule has 0 saturated carbocycles. The fraction of sp³-hybridized carbons (Fsp3) is 0.167. The Labute approximate surface area is 144 Å². The third-order valence-corrected chi connectivity index (χ3v) is 4.13. The molecule has 25 heavy (non-hydrogen) atoms. The molecule has 0 bridgehead atoms.